The van der Waals surface area contributed by atoms with Crippen LogP contribution in [-0.2, 0) is 4.79 Å². The molecule has 1 heterocycles. The topological polar surface area (TPSA) is 83.2 Å². The monoisotopic (exact) mass is 441 g/mol. The van der Waals surface area contributed by atoms with Crippen LogP contribution in [0.5, 0.6) is 5.75 Å². The minimum atomic E-state index is -0.263. The molecule has 0 radical (unpaired) electrons. The average Bonchev–Trinajstić information content (AvgIpc) is 3.29. The maximum Gasteiger partial charge on any atom is 0.255 e. The van der Waals surface area contributed by atoms with Gasteiger partial charge in [-0.1, -0.05) is 60.7 Å². The number of hydrogen-bond acceptors (Lipinski definition) is 3. The highest BCUT2D eigenvalue weighted by molar-refractivity contribution is 5.97. The molecule has 0 aliphatic rings. The zero-order valence-electron chi connectivity index (χ0n) is 18.5. The van der Waals surface area contributed by atoms with Crippen molar-refractivity contribution >= 4 is 22.7 Å². The second-order valence-corrected chi connectivity index (χ2v) is 7.76. The molecule has 4 aromatic rings. The molecule has 3 aromatic carbocycles. The molecule has 0 aliphatic carbocycles. The maximum atomic E-state index is 12.6. The van der Waals surface area contributed by atoms with Gasteiger partial charge in [0.2, 0.25) is 5.91 Å². The van der Waals surface area contributed by atoms with Crippen molar-refractivity contribution in [2.24, 2.45) is 0 Å². The minimum absolute atomic E-state index is 0.00877. The van der Waals surface area contributed by atoms with E-state index in [0.29, 0.717) is 17.9 Å². The Labute approximate surface area is 193 Å². The number of aromatic amines is 1. The number of carbonyl (C=O) groups excluding carboxylic acids is 2. The Kier molecular flexibility index (Phi) is 7.05. The van der Waals surface area contributed by atoms with Gasteiger partial charge in [-0.3, -0.25) is 9.59 Å². The van der Waals surface area contributed by atoms with Crippen LogP contribution in [0.2, 0.25) is 0 Å². The molecule has 33 heavy (non-hydrogen) atoms. The highest BCUT2D eigenvalue weighted by atomic mass is 16.5. The molecule has 6 nitrogen and oxygen atoms in total. The normalized spacial score (nSPS) is 11.7. The lowest BCUT2D eigenvalue weighted by Gasteiger charge is -2.18. The summed E-state index contributed by atoms with van der Waals surface area (Å²) in [7, 11) is 1.52. The highest BCUT2D eigenvalue weighted by Crippen LogP contribution is 2.30. The first-order chi connectivity index (χ1) is 16.2. The first-order valence-corrected chi connectivity index (χ1v) is 11.0. The van der Waals surface area contributed by atoms with Crippen LogP contribution in [0.1, 0.15) is 33.8 Å². The summed E-state index contributed by atoms with van der Waals surface area (Å²) in [5.74, 6) is 0.135. The number of nitrogens with one attached hydrogen (secondary N) is 3. The van der Waals surface area contributed by atoms with E-state index in [1.165, 1.54) is 7.11 Å². The van der Waals surface area contributed by atoms with E-state index in [-0.39, 0.29) is 30.7 Å². The zero-order valence-corrected chi connectivity index (χ0v) is 18.5. The third-order valence-electron chi connectivity index (χ3n) is 5.69. The number of methoxy groups -OCH3 is 1. The number of rotatable bonds is 9. The fourth-order valence-electron chi connectivity index (χ4n) is 4.00. The molecule has 1 unspecified atom stereocenters. The third kappa shape index (κ3) is 5.23. The van der Waals surface area contributed by atoms with Gasteiger partial charge in [-0.05, 0) is 29.3 Å². The minimum Gasteiger partial charge on any atom is -0.496 e. The predicted octanol–water partition coefficient (Wildman–Crippen LogP) is 4.24. The number of aromatic nitrogens is 1. The van der Waals surface area contributed by atoms with E-state index < -0.39 is 0 Å². The van der Waals surface area contributed by atoms with Crippen LogP contribution in [0.3, 0.4) is 0 Å². The number of para-hydroxylation sites is 2. The van der Waals surface area contributed by atoms with Crippen molar-refractivity contribution in [3.63, 3.8) is 0 Å². The van der Waals surface area contributed by atoms with Gasteiger partial charge in [0.05, 0.1) is 12.7 Å². The Hall–Kier alpha value is -4.06. The maximum absolute atomic E-state index is 12.6. The van der Waals surface area contributed by atoms with Crippen molar-refractivity contribution in [1.82, 2.24) is 15.6 Å². The van der Waals surface area contributed by atoms with Gasteiger partial charge in [-0.25, -0.2) is 0 Å². The van der Waals surface area contributed by atoms with Gasteiger partial charge in [0, 0.05) is 42.5 Å². The highest BCUT2D eigenvalue weighted by Gasteiger charge is 2.19. The molecule has 1 atom stereocenters. The number of carbonyl (C=O) groups is 2. The Morgan fingerprint density at radius 2 is 1.64 bits per heavy atom. The number of hydrogen-bond donors (Lipinski definition) is 3. The molecular formula is C27H27N3O3. The molecule has 0 saturated heterocycles. The van der Waals surface area contributed by atoms with Crippen LogP contribution >= 0.6 is 0 Å². The molecule has 4 rings (SSSR count). The number of benzene rings is 3. The van der Waals surface area contributed by atoms with Crippen LogP contribution in [0, 0.1) is 0 Å². The van der Waals surface area contributed by atoms with Crippen LogP contribution in [0.25, 0.3) is 10.9 Å². The second kappa shape index (κ2) is 10.5. The zero-order chi connectivity index (χ0) is 23.0. The van der Waals surface area contributed by atoms with Gasteiger partial charge in [0.25, 0.3) is 5.91 Å². The van der Waals surface area contributed by atoms with Crippen LogP contribution in [-0.4, -0.2) is 37.0 Å². The van der Waals surface area contributed by atoms with Gasteiger partial charge < -0.3 is 20.4 Å². The number of fused-ring (bicyclic) bond motifs is 1. The molecule has 3 N–H and O–H groups in total. The van der Waals surface area contributed by atoms with Crippen molar-refractivity contribution in [3.05, 3.63) is 102 Å². The fraction of sp³-hybridized carbons (Fsp3) is 0.185. The lowest BCUT2D eigenvalue weighted by molar-refractivity contribution is -0.120. The first kappa shape index (κ1) is 22.1. The largest absolute Gasteiger partial charge is 0.496 e. The Morgan fingerprint density at radius 3 is 2.45 bits per heavy atom. The fourth-order valence-corrected chi connectivity index (χ4v) is 4.00. The van der Waals surface area contributed by atoms with E-state index in [2.05, 4.69) is 33.8 Å². The summed E-state index contributed by atoms with van der Waals surface area (Å²) < 4.78 is 5.22. The summed E-state index contributed by atoms with van der Waals surface area (Å²) in [5, 5.41) is 6.98. The van der Waals surface area contributed by atoms with E-state index in [1.807, 2.05) is 42.6 Å². The van der Waals surface area contributed by atoms with Gasteiger partial charge in [0.1, 0.15) is 5.75 Å². The Bertz CT molecular complexity index is 1230. The van der Waals surface area contributed by atoms with Crippen molar-refractivity contribution in [2.45, 2.75) is 12.3 Å². The predicted molar refractivity (Wildman–Crippen MR) is 130 cm³/mol. The van der Waals surface area contributed by atoms with Crippen LogP contribution < -0.4 is 15.4 Å². The standard InChI is InChI=1S/C27H27N3O3/c1-33-25-14-8-6-12-21(25)27(32)28-16-15-26(31)30-17-22(19-9-3-2-4-10-19)23-18-29-24-13-7-5-11-20(23)24/h2-14,18,22,29H,15-17H2,1H3,(H,28,32)(H,30,31). The molecular weight excluding hydrogens is 414 g/mol. The molecule has 1 aromatic heterocycles. The molecule has 0 aliphatic heterocycles. The van der Waals surface area contributed by atoms with E-state index >= 15 is 0 Å². The van der Waals surface area contributed by atoms with Gasteiger partial charge in [-0.2, -0.15) is 0 Å². The molecule has 0 bridgehead atoms. The van der Waals surface area contributed by atoms with Crippen molar-refractivity contribution in [1.29, 1.82) is 0 Å². The summed E-state index contributed by atoms with van der Waals surface area (Å²) in [6.45, 7) is 0.705. The molecule has 0 saturated carbocycles. The van der Waals surface area contributed by atoms with Gasteiger partial charge in [0.15, 0.2) is 0 Å². The van der Waals surface area contributed by atoms with Gasteiger partial charge in [-0.15, -0.1) is 0 Å². The lowest BCUT2D eigenvalue weighted by atomic mass is 9.91. The Balaban J connectivity index is 1.38. The summed E-state index contributed by atoms with van der Waals surface area (Å²) >= 11 is 0. The molecule has 168 valence electrons. The molecule has 0 spiro atoms. The van der Waals surface area contributed by atoms with Crippen LogP contribution in [0.4, 0.5) is 0 Å². The summed E-state index contributed by atoms with van der Waals surface area (Å²) in [6, 6.07) is 25.3. The molecule has 6 heteroatoms. The van der Waals surface area contributed by atoms with Crippen LogP contribution in [0.15, 0.2) is 85.1 Å². The average molecular weight is 442 g/mol. The third-order valence-corrected chi connectivity index (χ3v) is 5.69. The van der Waals surface area contributed by atoms with E-state index in [1.54, 1.807) is 24.3 Å². The Morgan fingerprint density at radius 1 is 0.909 bits per heavy atom. The second-order valence-electron chi connectivity index (χ2n) is 7.76. The van der Waals surface area contributed by atoms with Crippen molar-refractivity contribution in [3.8, 4) is 5.75 Å². The smallest absolute Gasteiger partial charge is 0.255 e. The summed E-state index contributed by atoms with van der Waals surface area (Å²) in [5.41, 5.74) is 3.79. The number of ether oxygens (including phenoxy) is 1. The molecule has 0 fully saturated rings. The van der Waals surface area contributed by atoms with Gasteiger partial charge >= 0.3 is 0 Å². The quantitative estimate of drug-likeness (QED) is 0.363. The van der Waals surface area contributed by atoms with E-state index in [9.17, 15) is 9.59 Å². The van der Waals surface area contributed by atoms with Crippen molar-refractivity contribution < 1.29 is 14.3 Å². The van der Waals surface area contributed by atoms with E-state index in [4.69, 9.17) is 4.74 Å². The summed E-state index contributed by atoms with van der Waals surface area (Å²) in [4.78, 5) is 28.3. The first-order valence-electron chi connectivity index (χ1n) is 11.0. The number of H-pyrrole nitrogens is 1. The van der Waals surface area contributed by atoms with E-state index in [0.717, 1.165) is 22.0 Å². The van der Waals surface area contributed by atoms with Crippen molar-refractivity contribution in [2.75, 3.05) is 20.2 Å². The number of amides is 2. The SMILES string of the molecule is COc1ccccc1C(=O)NCCC(=O)NCC(c1ccccc1)c1c[nH]c2ccccc12. The summed E-state index contributed by atoms with van der Waals surface area (Å²) in [6.07, 6.45) is 2.21. The molecule has 2 amide bonds. The lowest BCUT2D eigenvalue weighted by Crippen LogP contribution is -2.33.